The van der Waals surface area contributed by atoms with E-state index in [4.69, 9.17) is 4.74 Å². The van der Waals surface area contributed by atoms with Crippen molar-refractivity contribution in [3.05, 3.63) is 52.3 Å². The van der Waals surface area contributed by atoms with E-state index >= 15 is 0 Å². The minimum absolute atomic E-state index is 0.0373. The van der Waals surface area contributed by atoms with Crippen molar-refractivity contribution >= 4 is 21.9 Å². The maximum absolute atomic E-state index is 13.5. The second kappa shape index (κ2) is 9.87. The summed E-state index contributed by atoms with van der Waals surface area (Å²) in [6.45, 7) is 7.87. The number of aryl methyl sites for hydroxylation is 3. The number of benzene rings is 1. The fourth-order valence-electron chi connectivity index (χ4n) is 4.07. The highest BCUT2D eigenvalue weighted by atomic mass is 32.2. The first-order chi connectivity index (χ1) is 15.1. The summed E-state index contributed by atoms with van der Waals surface area (Å²) in [5, 5.41) is 2.92. The number of hydrogen-bond donors (Lipinski definition) is 2. The van der Waals surface area contributed by atoms with Gasteiger partial charge in [-0.3, -0.25) is 4.79 Å². The Morgan fingerprint density at radius 1 is 1.16 bits per heavy atom. The number of amides is 1. The third kappa shape index (κ3) is 5.05. The molecule has 9 heteroatoms. The monoisotopic (exact) mass is 461 g/mol. The molecule has 3 rings (SSSR count). The Balaban J connectivity index is 1.76. The molecule has 1 aromatic carbocycles. The van der Waals surface area contributed by atoms with Gasteiger partial charge in [-0.15, -0.1) is 0 Å². The van der Waals surface area contributed by atoms with E-state index < -0.39 is 21.9 Å². The molecule has 0 spiro atoms. The SMILES string of the molecule is CCOC(=O)c1c(C)[nH]c(C)c1S(=O)(=O)N1CCC[C@H](C(=O)NCc2ccc(C)cc2)C1. The maximum atomic E-state index is 13.5. The number of piperidine rings is 1. The van der Waals surface area contributed by atoms with Crippen LogP contribution >= 0.6 is 0 Å². The molecule has 1 aliphatic rings. The summed E-state index contributed by atoms with van der Waals surface area (Å²) < 4.78 is 33.4. The summed E-state index contributed by atoms with van der Waals surface area (Å²) in [6.07, 6.45) is 1.18. The molecule has 1 aromatic heterocycles. The molecule has 1 fully saturated rings. The van der Waals surface area contributed by atoms with E-state index in [-0.39, 0.29) is 29.5 Å². The van der Waals surface area contributed by atoms with E-state index in [1.165, 1.54) is 4.31 Å². The van der Waals surface area contributed by atoms with E-state index in [9.17, 15) is 18.0 Å². The predicted octanol–water partition coefficient (Wildman–Crippen LogP) is 2.83. The van der Waals surface area contributed by atoms with Gasteiger partial charge in [-0.05, 0) is 46.1 Å². The highest BCUT2D eigenvalue weighted by Crippen LogP contribution is 2.30. The highest BCUT2D eigenvalue weighted by Gasteiger charge is 2.38. The van der Waals surface area contributed by atoms with Crippen LogP contribution < -0.4 is 5.32 Å². The van der Waals surface area contributed by atoms with Crippen LogP contribution in [0.5, 0.6) is 0 Å². The number of carbonyl (C=O) groups excluding carboxylic acids is 2. The fraction of sp³-hybridized carbons (Fsp3) is 0.478. The Kier molecular flexibility index (Phi) is 7.40. The summed E-state index contributed by atoms with van der Waals surface area (Å²) in [4.78, 5) is 28.1. The van der Waals surface area contributed by atoms with Crippen molar-refractivity contribution in [2.75, 3.05) is 19.7 Å². The quantitative estimate of drug-likeness (QED) is 0.617. The van der Waals surface area contributed by atoms with Crippen LogP contribution in [0.4, 0.5) is 0 Å². The molecule has 1 aliphatic heterocycles. The fourth-order valence-corrected chi connectivity index (χ4v) is 6.01. The van der Waals surface area contributed by atoms with Crippen LogP contribution in [0.25, 0.3) is 0 Å². The van der Waals surface area contributed by atoms with Crippen molar-refractivity contribution in [3.8, 4) is 0 Å². The molecule has 174 valence electrons. The van der Waals surface area contributed by atoms with Gasteiger partial charge in [-0.1, -0.05) is 29.8 Å². The van der Waals surface area contributed by atoms with E-state index in [0.717, 1.165) is 11.1 Å². The number of hydrogen-bond acceptors (Lipinski definition) is 5. The second-order valence-electron chi connectivity index (χ2n) is 8.21. The molecule has 0 bridgehead atoms. The van der Waals surface area contributed by atoms with E-state index in [1.54, 1.807) is 20.8 Å². The van der Waals surface area contributed by atoms with E-state index in [0.29, 0.717) is 37.3 Å². The number of esters is 1. The Morgan fingerprint density at radius 2 is 1.84 bits per heavy atom. The van der Waals surface area contributed by atoms with Crippen LogP contribution in [-0.2, 0) is 26.1 Å². The van der Waals surface area contributed by atoms with Gasteiger partial charge in [-0.2, -0.15) is 4.31 Å². The first-order valence-corrected chi connectivity index (χ1v) is 12.3. The van der Waals surface area contributed by atoms with Gasteiger partial charge in [0.2, 0.25) is 15.9 Å². The molecule has 0 aliphatic carbocycles. The highest BCUT2D eigenvalue weighted by molar-refractivity contribution is 7.89. The van der Waals surface area contributed by atoms with E-state index in [2.05, 4.69) is 10.3 Å². The normalized spacial score (nSPS) is 17.2. The molecule has 2 N–H and O–H groups in total. The number of H-pyrrole nitrogens is 1. The smallest absolute Gasteiger partial charge is 0.341 e. The summed E-state index contributed by atoms with van der Waals surface area (Å²) in [5.74, 6) is -1.29. The first-order valence-electron chi connectivity index (χ1n) is 10.8. The van der Waals surface area contributed by atoms with Gasteiger partial charge in [0.05, 0.1) is 12.5 Å². The van der Waals surface area contributed by atoms with Crippen LogP contribution in [0.2, 0.25) is 0 Å². The van der Waals surface area contributed by atoms with Crippen LogP contribution in [0.1, 0.15) is 52.6 Å². The van der Waals surface area contributed by atoms with Crippen LogP contribution in [0.15, 0.2) is 29.2 Å². The summed E-state index contributed by atoms with van der Waals surface area (Å²) in [6, 6.07) is 7.89. The molecule has 32 heavy (non-hydrogen) atoms. The van der Waals surface area contributed by atoms with Gasteiger partial charge in [0.15, 0.2) is 0 Å². The number of carbonyl (C=O) groups is 2. The van der Waals surface area contributed by atoms with Gasteiger partial charge < -0.3 is 15.0 Å². The molecule has 2 aromatic rings. The number of nitrogens with zero attached hydrogens (tertiary/aromatic N) is 1. The lowest BCUT2D eigenvalue weighted by Gasteiger charge is -2.31. The van der Waals surface area contributed by atoms with Crippen molar-refractivity contribution in [2.24, 2.45) is 5.92 Å². The molecule has 1 amide bonds. The largest absolute Gasteiger partial charge is 0.462 e. The summed E-state index contributed by atoms with van der Waals surface area (Å²) in [7, 11) is -3.98. The lowest BCUT2D eigenvalue weighted by atomic mass is 9.98. The topological polar surface area (TPSA) is 109 Å². The van der Waals surface area contributed by atoms with Gasteiger partial charge in [0.25, 0.3) is 0 Å². The van der Waals surface area contributed by atoms with Crippen LogP contribution in [0.3, 0.4) is 0 Å². The Labute approximate surface area is 189 Å². The molecule has 0 radical (unpaired) electrons. The van der Waals surface area contributed by atoms with Crippen molar-refractivity contribution in [3.63, 3.8) is 0 Å². The molecular weight excluding hydrogens is 430 g/mol. The van der Waals surface area contributed by atoms with Crippen molar-refractivity contribution < 1.29 is 22.7 Å². The standard InChI is InChI=1S/C23H31N3O5S/c1-5-31-23(28)20-16(3)25-17(4)21(20)32(29,30)26-12-6-7-19(14-26)22(27)24-13-18-10-8-15(2)9-11-18/h8-11,19,25H,5-7,12-14H2,1-4H3,(H,24,27)/t19-/m0/s1. The van der Waals surface area contributed by atoms with Crippen molar-refractivity contribution in [1.82, 2.24) is 14.6 Å². The Bertz CT molecular complexity index is 1090. The molecule has 8 nitrogen and oxygen atoms in total. The molecular formula is C23H31N3O5S. The Hall–Kier alpha value is -2.65. The second-order valence-corrected chi connectivity index (χ2v) is 10.1. The lowest BCUT2D eigenvalue weighted by molar-refractivity contribution is -0.126. The third-order valence-electron chi connectivity index (χ3n) is 5.74. The average Bonchev–Trinajstić information content (AvgIpc) is 3.07. The van der Waals surface area contributed by atoms with Crippen molar-refractivity contribution in [1.29, 1.82) is 0 Å². The minimum Gasteiger partial charge on any atom is -0.462 e. The molecule has 1 atom stereocenters. The molecule has 2 heterocycles. The van der Waals surface area contributed by atoms with Crippen LogP contribution in [-0.4, -0.2) is 49.3 Å². The average molecular weight is 462 g/mol. The summed E-state index contributed by atoms with van der Waals surface area (Å²) in [5.41, 5.74) is 3.00. The zero-order valence-corrected chi connectivity index (χ0v) is 19.8. The van der Waals surface area contributed by atoms with Crippen LogP contribution in [0, 0.1) is 26.7 Å². The van der Waals surface area contributed by atoms with Gasteiger partial charge >= 0.3 is 5.97 Å². The molecule has 1 saturated heterocycles. The zero-order chi connectivity index (χ0) is 23.5. The number of aromatic amines is 1. The first kappa shape index (κ1) is 24.0. The number of aromatic nitrogens is 1. The van der Waals surface area contributed by atoms with Gasteiger partial charge in [0.1, 0.15) is 10.5 Å². The predicted molar refractivity (Wildman–Crippen MR) is 121 cm³/mol. The third-order valence-corrected chi connectivity index (χ3v) is 7.78. The summed E-state index contributed by atoms with van der Waals surface area (Å²) >= 11 is 0. The lowest BCUT2D eigenvalue weighted by Crippen LogP contribution is -2.45. The Morgan fingerprint density at radius 3 is 2.50 bits per heavy atom. The van der Waals surface area contributed by atoms with Gasteiger partial charge in [0, 0.05) is 31.0 Å². The zero-order valence-electron chi connectivity index (χ0n) is 19.0. The minimum atomic E-state index is -3.98. The molecule has 0 unspecified atom stereocenters. The number of ether oxygens (including phenoxy) is 1. The molecule has 0 saturated carbocycles. The van der Waals surface area contributed by atoms with E-state index in [1.807, 2.05) is 31.2 Å². The number of sulfonamides is 1. The number of nitrogens with one attached hydrogen (secondary N) is 2. The number of rotatable bonds is 7. The van der Waals surface area contributed by atoms with Gasteiger partial charge in [-0.25, -0.2) is 13.2 Å². The maximum Gasteiger partial charge on any atom is 0.341 e. The van der Waals surface area contributed by atoms with Crippen molar-refractivity contribution in [2.45, 2.75) is 52.0 Å².